The standard InChI is InChI=1S/C11H15N3O2/c1-8(2)5-9(3)6-10-12-7-11(13(10)4)14(15)16/h5-7H,1-4H3/b9-6-. The first-order valence-electron chi connectivity index (χ1n) is 4.91. The molecule has 0 unspecified atom stereocenters. The predicted molar refractivity (Wildman–Crippen MR) is 62.9 cm³/mol. The molecule has 0 saturated heterocycles. The van der Waals surface area contributed by atoms with Crippen molar-refractivity contribution < 1.29 is 4.92 Å². The summed E-state index contributed by atoms with van der Waals surface area (Å²) in [5.41, 5.74) is 2.20. The molecule has 16 heavy (non-hydrogen) atoms. The number of hydrogen-bond donors (Lipinski definition) is 0. The smallest absolute Gasteiger partial charge is 0.342 e. The highest BCUT2D eigenvalue weighted by atomic mass is 16.6. The summed E-state index contributed by atoms with van der Waals surface area (Å²) in [4.78, 5) is 14.2. The average Bonchev–Trinajstić information content (AvgIpc) is 2.46. The van der Waals surface area contributed by atoms with Crippen LogP contribution in [0.2, 0.25) is 0 Å². The largest absolute Gasteiger partial charge is 0.358 e. The lowest BCUT2D eigenvalue weighted by Crippen LogP contribution is -1.98. The van der Waals surface area contributed by atoms with E-state index in [4.69, 9.17) is 0 Å². The van der Waals surface area contributed by atoms with Crippen LogP contribution >= 0.6 is 0 Å². The molecule has 1 aromatic rings. The number of rotatable bonds is 3. The predicted octanol–water partition coefficient (Wildman–Crippen LogP) is 2.70. The summed E-state index contributed by atoms with van der Waals surface area (Å²) in [6, 6.07) is 0. The van der Waals surface area contributed by atoms with E-state index in [2.05, 4.69) is 4.98 Å². The van der Waals surface area contributed by atoms with Crippen LogP contribution in [0.15, 0.2) is 23.4 Å². The third-order valence-corrected chi connectivity index (χ3v) is 2.06. The Morgan fingerprint density at radius 1 is 1.50 bits per heavy atom. The van der Waals surface area contributed by atoms with Crippen molar-refractivity contribution in [3.63, 3.8) is 0 Å². The molecule has 0 atom stereocenters. The van der Waals surface area contributed by atoms with E-state index in [1.807, 2.05) is 32.9 Å². The van der Waals surface area contributed by atoms with Gasteiger partial charge in [0.1, 0.15) is 6.20 Å². The maximum Gasteiger partial charge on any atom is 0.342 e. The molecule has 0 radical (unpaired) electrons. The van der Waals surface area contributed by atoms with Gasteiger partial charge >= 0.3 is 5.82 Å². The summed E-state index contributed by atoms with van der Waals surface area (Å²) in [5.74, 6) is 0.581. The van der Waals surface area contributed by atoms with Crippen molar-refractivity contribution in [2.24, 2.45) is 7.05 Å². The minimum Gasteiger partial charge on any atom is -0.358 e. The summed E-state index contributed by atoms with van der Waals surface area (Å²) in [7, 11) is 1.63. The first-order valence-corrected chi connectivity index (χ1v) is 4.91. The van der Waals surface area contributed by atoms with E-state index < -0.39 is 4.92 Å². The van der Waals surface area contributed by atoms with Gasteiger partial charge in [0.25, 0.3) is 0 Å². The number of hydrogen-bond acceptors (Lipinski definition) is 3. The van der Waals surface area contributed by atoms with Crippen LogP contribution in [0.25, 0.3) is 6.08 Å². The van der Waals surface area contributed by atoms with Crippen molar-refractivity contribution in [1.29, 1.82) is 0 Å². The zero-order valence-corrected chi connectivity index (χ0v) is 9.89. The van der Waals surface area contributed by atoms with Crippen molar-refractivity contribution in [2.75, 3.05) is 0 Å². The fraction of sp³-hybridized carbons (Fsp3) is 0.364. The van der Waals surface area contributed by atoms with Gasteiger partial charge in [0.05, 0.1) is 7.05 Å². The maximum atomic E-state index is 10.6. The summed E-state index contributed by atoms with van der Waals surface area (Å²) >= 11 is 0. The Bertz CT molecular complexity index is 466. The quantitative estimate of drug-likeness (QED) is 0.448. The zero-order valence-electron chi connectivity index (χ0n) is 9.89. The first-order chi connectivity index (χ1) is 7.41. The Labute approximate surface area is 94.3 Å². The molecule has 1 heterocycles. The normalized spacial score (nSPS) is 11.4. The number of allylic oxidation sites excluding steroid dienone is 3. The van der Waals surface area contributed by atoms with Gasteiger partial charge in [-0.1, -0.05) is 11.6 Å². The van der Waals surface area contributed by atoms with Crippen LogP contribution in [-0.2, 0) is 7.05 Å². The molecule has 0 spiro atoms. The van der Waals surface area contributed by atoms with Crippen LogP contribution in [0.3, 0.4) is 0 Å². The summed E-state index contributed by atoms with van der Waals surface area (Å²) in [5, 5.41) is 10.6. The fourth-order valence-corrected chi connectivity index (χ4v) is 1.42. The lowest BCUT2D eigenvalue weighted by atomic mass is 10.2. The Hall–Kier alpha value is -1.91. The highest BCUT2D eigenvalue weighted by Crippen LogP contribution is 2.14. The van der Waals surface area contributed by atoms with E-state index in [1.165, 1.54) is 16.3 Å². The van der Waals surface area contributed by atoms with E-state index in [1.54, 1.807) is 7.05 Å². The molecule has 0 aliphatic rings. The highest BCUT2D eigenvalue weighted by Gasteiger charge is 2.14. The molecule has 0 aromatic carbocycles. The van der Waals surface area contributed by atoms with Crippen LogP contribution in [0.5, 0.6) is 0 Å². The fourth-order valence-electron chi connectivity index (χ4n) is 1.42. The van der Waals surface area contributed by atoms with E-state index in [9.17, 15) is 10.1 Å². The van der Waals surface area contributed by atoms with E-state index in [0.29, 0.717) is 5.82 Å². The van der Waals surface area contributed by atoms with Gasteiger partial charge in [0.2, 0.25) is 5.82 Å². The molecule has 1 aromatic heterocycles. The second kappa shape index (κ2) is 4.74. The Balaban J connectivity index is 3.08. The molecule has 1 rings (SSSR count). The minimum atomic E-state index is -0.444. The third-order valence-electron chi connectivity index (χ3n) is 2.06. The van der Waals surface area contributed by atoms with Gasteiger partial charge in [0, 0.05) is 6.08 Å². The highest BCUT2D eigenvalue weighted by molar-refractivity contribution is 5.51. The lowest BCUT2D eigenvalue weighted by Gasteiger charge is -1.96. The molecular formula is C11H15N3O2. The molecule has 0 saturated carbocycles. The number of aromatic nitrogens is 2. The third kappa shape index (κ3) is 2.79. The maximum absolute atomic E-state index is 10.6. The van der Waals surface area contributed by atoms with Crippen molar-refractivity contribution in [1.82, 2.24) is 9.55 Å². The summed E-state index contributed by atoms with van der Waals surface area (Å²) in [6.45, 7) is 5.93. The van der Waals surface area contributed by atoms with Gasteiger partial charge < -0.3 is 10.1 Å². The van der Waals surface area contributed by atoms with Crippen molar-refractivity contribution in [3.05, 3.63) is 39.4 Å². The first kappa shape index (κ1) is 12.2. The molecule has 0 amide bonds. The molecular weight excluding hydrogens is 206 g/mol. The topological polar surface area (TPSA) is 61.0 Å². The number of imidazole rings is 1. The minimum absolute atomic E-state index is 0.00347. The van der Waals surface area contributed by atoms with Crippen LogP contribution in [-0.4, -0.2) is 14.5 Å². The Morgan fingerprint density at radius 3 is 2.56 bits per heavy atom. The van der Waals surface area contributed by atoms with Crippen LogP contribution in [0.4, 0.5) is 5.82 Å². The molecule has 0 fully saturated rings. The Morgan fingerprint density at radius 2 is 2.12 bits per heavy atom. The number of nitrogens with zero attached hydrogens (tertiary/aromatic N) is 3. The van der Waals surface area contributed by atoms with E-state index in [0.717, 1.165) is 5.57 Å². The van der Waals surface area contributed by atoms with Gasteiger partial charge in [-0.3, -0.25) is 0 Å². The van der Waals surface area contributed by atoms with Gasteiger partial charge in [0.15, 0.2) is 0 Å². The lowest BCUT2D eigenvalue weighted by molar-refractivity contribution is -0.391. The van der Waals surface area contributed by atoms with Gasteiger partial charge in [-0.05, 0) is 31.3 Å². The zero-order chi connectivity index (χ0) is 12.3. The monoisotopic (exact) mass is 221 g/mol. The second-order valence-corrected chi connectivity index (χ2v) is 3.90. The second-order valence-electron chi connectivity index (χ2n) is 3.90. The van der Waals surface area contributed by atoms with Gasteiger partial charge in [-0.25, -0.2) is 9.55 Å². The van der Waals surface area contributed by atoms with Crippen LogP contribution < -0.4 is 0 Å². The van der Waals surface area contributed by atoms with Gasteiger partial charge in [-0.2, -0.15) is 0 Å². The molecule has 0 N–H and O–H groups in total. The van der Waals surface area contributed by atoms with Crippen LogP contribution in [0.1, 0.15) is 26.6 Å². The molecule has 86 valence electrons. The SMILES string of the molecule is CC(C)=C/C(C)=C\c1ncc([N+](=O)[O-])n1C. The molecule has 5 heteroatoms. The van der Waals surface area contributed by atoms with E-state index >= 15 is 0 Å². The molecule has 5 nitrogen and oxygen atoms in total. The number of nitro groups is 1. The molecule has 0 bridgehead atoms. The van der Waals surface area contributed by atoms with Crippen LogP contribution in [0, 0.1) is 10.1 Å². The van der Waals surface area contributed by atoms with E-state index in [-0.39, 0.29) is 5.82 Å². The van der Waals surface area contributed by atoms with Crippen molar-refractivity contribution >= 4 is 11.9 Å². The van der Waals surface area contributed by atoms with Gasteiger partial charge in [-0.15, -0.1) is 0 Å². The molecule has 0 aliphatic heterocycles. The molecule has 0 aliphatic carbocycles. The average molecular weight is 221 g/mol. The summed E-state index contributed by atoms with van der Waals surface area (Å²) < 4.78 is 1.46. The van der Waals surface area contributed by atoms with Crippen molar-refractivity contribution in [2.45, 2.75) is 20.8 Å². The summed E-state index contributed by atoms with van der Waals surface area (Å²) in [6.07, 6.45) is 5.09. The Kier molecular flexibility index (Phi) is 3.60. The van der Waals surface area contributed by atoms with Crippen molar-refractivity contribution in [3.8, 4) is 0 Å².